The Labute approximate surface area is 347 Å². The van der Waals surface area contributed by atoms with Gasteiger partial charge in [0.05, 0.1) is 0 Å². The second-order valence-electron chi connectivity index (χ2n) is 16.2. The van der Waals surface area contributed by atoms with E-state index in [9.17, 15) is 0 Å². The van der Waals surface area contributed by atoms with Gasteiger partial charge in [-0.15, -0.1) is 0 Å². The van der Waals surface area contributed by atoms with Gasteiger partial charge in [-0.1, -0.05) is 206 Å². The molecular weight excluding hydrogens is 721 g/mol. The highest BCUT2D eigenvalue weighted by atomic mass is 14.3. The Kier molecular flexibility index (Phi) is 7.11. The summed E-state index contributed by atoms with van der Waals surface area (Å²) in [5.41, 5.74) is 7.62. The van der Waals surface area contributed by atoms with Crippen molar-refractivity contribution in [3.05, 3.63) is 218 Å². The monoisotopic (exact) mass is 756 g/mol. The third kappa shape index (κ3) is 4.68. The molecule has 0 aliphatic rings. The maximum atomic E-state index is 2.50. The van der Waals surface area contributed by atoms with Crippen LogP contribution in [0.3, 0.4) is 0 Å². The summed E-state index contributed by atoms with van der Waals surface area (Å²) < 4.78 is 0. The first-order chi connectivity index (χ1) is 29.8. The zero-order valence-electron chi connectivity index (χ0n) is 32.8. The van der Waals surface area contributed by atoms with E-state index in [1.54, 1.807) is 0 Å². The normalized spacial score (nSPS) is 12.0. The minimum atomic E-state index is 1.24. The molecule has 0 unspecified atom stereocenters. The summed E-state index contributed by atoms with van der Waals surface area (Å²) in [6.07, 6.45) is 0. The summed E-state index contributed by atoms with van der Waals surface area (Å²) in [6, 6.07) is 81.5. The number of hydrogen-bond donors (Lipinski definition) is 0. The van der Waals surface area contributed by atoms with E-state index in [1.165, 1.54) is 130 Å². The molecule has 13 aromatic carbocycles. The summed E-state index contributed by atoms with van der Waals surface area (Å²) in [5, 5.41) is 22.9. The average Bonchev–Trinajstić information content (AvgIpc) is 3.32. The lowest BCUT2D eigenvalue weighted by Gasteiger charge is -2.23. The van der Waals surface area contributed by atoms with Crippen molar-refractivity contribution in [1.82, 2.24) is 0 Å². The van der Waals surface area contributed by atoms with Gasteiger partial charge in [-0.25, -0.2) is 0 Å². The van der Waals surface area contributed by atoms with Gasteiger partial charge in [-0.2, -0.15) is 0 Å². The molecule has 0 aliphatic heterocycles. The van der Waals surface area contributed by atoms with Gasteiger partial charge in [0.2, 0.25) is 0 Å². The highest BCUT2D eigenvalue weighted by Gasteiger charge is 2.24. The lowest BCUT2D eigenvalue weighted by Crippen LogP contribution is -1.95. The Morgan fingerprint density at radius 3 is 1.02 bits per heavy atom. The molecule has 0 aromatic heterocycles. The first kappa shape index (κ1) is 33.2. The molecule has 0 fully saturated rings. The van der Waals surface area contributed by atoms with Crippen LogP contribution in [-0.2, 0) is 0 Å². The zero-order chi connectivity index (χ0) is 39.3. The van der Waals surface area contributed by atoms with Gasteiger partial charge < -0.3 is 0 Å². The lowest BCUT2D eigenvalue weighted by atomic mass is 9.80. The largest absolute Gasteiger partial charge is 0.0616 e. The molecule has 0 saturated carbocycles. The highest BCUT2D eigenvalue weighted by molar-refractivity contribution is 6.36. The summed E-state index contributed by atoms with van der Waals surface area (Å²) in [5.74, 6) is 0. The Morgan fingerprint density at radius 1 is 0.183 bits per heavy atom. The van der Waals surface area contributed by atoms with Crippen molar-refractivity contribution < 1.29 is 0 Å². The number of fused-ring (bicyclic) bond motifs is 13. The second-order valence-corrected chi connectivity index (χ2v) is 16.2. The van der Waals surface area contributed by atoms with E-state index < -0.39 is 0 Å². The standard InChI is InChI=1S/C60H36/c1-2-18-38-35-39(34-33-37(38)17-1)56-46-25-9-13-29-50(46)59(51-30-14-10-26-47(51)56)60-52-31-15-11-27-48(52)58(49-28-12-16-32-53(49)60)55-36-54-42-21-4-3-19-40(42)41-20-5-7-23-44(41)57(54)45-24-8-6-22-43(45)55/h1-36H. The van der Waals surface area contributed by atoms with Crippen molar-refractivity contribution in [3.8, 4) is 33.4 Å². The fourth-order valence-electron chi connectivity index (χ4n) is 10.7. The maximum Gasteiger partial charge on any atom is -0.00139 e. The molecule has 276 valence electrons. The van der Waals surface area contributed by atoms with Crippen LogP contribution in [0.2, 0.25) is 0 Å². The molecule has 13 aromatic rings. The third-order valence-electron chi connectivity index (χ3n) is 13.2. The van der Waals surface area contributed by atoms with Crippen LogP contribution in [0.25, 0.3) is 130 Å². The Bertz CT molecular complexity index is 3830. The molecule has 0 heterocycles. The Balaban J connectivity index is 1.19. The maximum absolute atomic E-state index is 2.50. The van der Waals surface area contributed by atoms with Crippen LogP contribution < -0.4 is 0 Å². The summed E-state index contributed by atoms with van der Waals surface area (Å²) in [6.45, 7) is 0. The van der Waals surface area contributed by atoms with Gasteiger partial charge >= 0.3 is 0 Å². The highest BCUT2D eigenvalue weighted by Crippen LogP contribution is 2.52. The van der Waals surface area contributed by atoms with E-state index in [4.69, 9.17) is 0 Å². The van der Waals surface area contributed by atoms with Crippen LogP contribution in [-0.4, -0.2) is 0 Å². The number of hydrogen-bond acceptors (Lipinski definition) is 0. The van der Waals surface area contributed by atoms with Crippen LogP contribution in [0.1, 0.15) is 0 Å². The van der Waals surface area contributed by atoms with Crippen LogP contribution in [0, 0.1) is 0 Å². The molecule has 0 aliphatic carbocycles. The van der Waals surface area contributed by atoms with Crippen molar-refractivity contribution in [3.63, 3.8) is 0 Å². The minimum absolute atomic E-state index is 1.24. The van der Waals surface area contributed by atoms with E-state index in [0.29, 0.717) is 0 Å². The van der Waals surface area contributed by atoms with E-state index in [0.717, 1.165) is 0 Å². The van der Waals surface area contributed by atoms with Gasteiger partial charge in [0.15, 0.2) is 0 Å². The first-order valence-corrected chi connectivity index (χ1v) is 20.9. The topological polar surface area (TPSA) is 0 Å². The molecule has 0 atom stereocenters. The quantitative estimate of drug-likeness (QED) is 0.124. The summed E-state index contributed by atoms with van der Waals surface area (Å²) in [4.78, 5) is 0. The van der Waals surface area contributed by atoms with Crippen molar-refractivity contribution in [2.75, 3.05) is 0 Å². The zero-order valence-corrected chi connectivity index (χ0v) is 32.8. The van der Waals surface area contributed by atoms with Crippen LogP contribution in [0.15, 0.2) is 218 Å². The van der Waals surface area contributed by atoms with Crippen molar-refractivity contribution in [2.24, 2.45) is 0 Å². The van der Waals surface area contributed by atoms with Crippen molar-refractivity contribution >= 4 is 97.0 Å². The minimum Gasteiger partial charge on any atom is -0.0616 e. The van der Waals surface area contributed by atoms with Crippen LogP contribution >= 0.6 is 0 Å². The SMILES string of the molecule is c1ccc2cc(-c3c4ccccc4c(-c4c5ccccc5c(-c5cc6c7ccccc7c7ccccc7c6c6ccccc56)c5ccccc45)c4ccccc34)ccc2c1. The van der Waals surface area contributed by atoms with Crippen molar-refractivity contribution in [2.45, 2.75) is 0 Å². The van der Waals surface area contributed by atoms with Gasteiger partial charge in [0, 0.05) is 0 Å². The lowest BCUT2D eigenvalue weighted by molar-refractivity contribution is 1.69. The van der Waals surface area contributed by atoms with E-state index in [2.05, 4.69) is 218 Å². The molecular formula is C60H36. The molecule has 0 saturated heterocycles. The average molecular weight is 757 g/mol. The second kappa shape index (κ2) is 12.9. The molecule has 13 rings (SSSR count). The van der Waals surface area contributed by atoms with Gasteiger partial charge in [-0.05, 0) is 142 Å². The summed E-state index contributed by atoms with van der Waals surface area (Å²) in [7, 11) is 0. The number of benzene rings is 13. The van der Waals surface area contributed by atoms with Crippen LogP contribution in [0.4, 0.5) is 0 Å². The Morgan fingerprint density at radius 2 is 0.517 bits per heavy atom. The fourth-order valence-corrected chi connectivity index (χ4v) is 10.7. The van der Waals surface area contributed by atoms with Crippen molar-refractivity contribution in [1.29, 1.82) is 0 Å². The predicted octanol–water partition coefficient (Wildman–Crippen LogP) is 17.1. The van der Waals surface area contributed by atoms with Gasteiger partial charge in [0.25, 0.3) is 0 Å². The van der Waals surface area contributed by atoms with Gasteiger partial charge in [0.1, 0.15) is 0 Å². The van der Waals surface area contributed by atoms with E-state index in [-0.39, 0.29) is 0 Å². The van der Waals surface area contributed by atoms with E-state index in [1.807, 2.05) is 0 Å². The fraction of sp³-hybridized carbons (Fsp3) is 0. The molecule has 0 N–H and O–H groups in total. The van der Waals surface area contributed by atoms with E-state index >= 15 is 0 Å². The Hall–Kier alpha value is -7.80. The first-order valence-electron chi connectivity index (χ1n) is 20.9. The molecule has 0 nitrogen and oxygen atoms in total. The molecule has 0 radical (unpaired) electrons. The molecule has 60 heavy (non-hydrogen) atoms. The predicted molar refractivity (Wildman–Crippen MR) is 260 cm³/mol. The molecule has 0 heteroatoms. The molecule has 0 spiro atoms. The number of rotatable bonds is 3. The molecule has 0 amide bonds. The van der Waals surface area contributed by atoms with Gasteiger partial charge in [-0.3, -0.25) is 0 Å². The molecule has 0 bridgehead atoms. The van der Waals surface area contributed by atoms with Crippen LogP contribution in [0.5, 0.6) is 0 Å². The third-order valence-corrected chi connectivity index (χ3v) is 13.2. The smallest absolute Gasteiger partial charge is 0.00139 e. The summed E-state index contributed by atoms with van der Waals surface area (Å²) >= 11 is 0.